The number of hydrogen-bond acceptors (Lipinski definition) is 5. The molecular weight excluding hydrogens is 266 g/mol. The molecule has 0 aliphatic carbocycles. The second-order valence-corrected chi connectivity index (χ2v) is 5.50. The van der Waals surface area contributed by atoms with E-state index in [1.807, 2.05) is 0 Å². The number of thioether (sulfide) groups is 1. The molecule has 1 aliphatic heterocycles. The fourth-order valence-corrected chi connectivity index (χ4v) is 2.79. The van der Waals surface area contributed by atoms with Gasteiger partial charge in [-0.05, 0) is 18.6 Å². The summed E-state index contributed by atoms with van der Waals surface area (Å²) < 4.78 is 0. The van der Waals surface area contributed by atoms with Gasteiger partial charge in [0.15, 0.2) is 0 Å². The van der Waals surface area contributed by atoms with Crippen LogP contribution in [0.15, 0.2) is 18.2 Å². The number of nitrogens with zero attached hydrogens (tertiary/aromatic N) is 1. The maximum absolute atomic E-state index is 12.0. The summed E-state index contributed by atoms with van der Waals surface area (Å²) >= 11 is 1.70. The molecule has 1 aromatic carbocycles. The smallest absolute Gasteiger partial charge is 0.293 e. The second-order valence-electron chi connectivity index (χ2n) is 4.35. The molecule has 0 bridgehead atoms. The summed E-state index contributed by atoms with van der Waals surface area (Å²) in [4.78, 5) is 22.5. The summed E-state index contributed by atoms with van der Waals surface area (Å²) in [7, 11) is 0. The number of carbonyl (C=O) groups is 1. The van der Waals surface area contributed by atoms with Crippen LogP contribution in [0, 0.1) is 17.0 Å². The number of nitro benzene ring substituents is 1. The molecule has 1 heterocycles. The van der Waals surface area contributed by atoms with E-state index in [9.17, 15) is 14.9 Å². The van der Waals surface area contributed by atoms with E-state index in [2.05, 4.69) is 10.6 Å². The average Bonchev–Trinajstić information content (AvgIpc) is 2.41. The lowest BCUT2D eigenvalue weighted by Gasteiger charge is -2.22. The molecule has 1 amide bonds. The van der Waals surface area contributed by atoms with Crippen molar-refractivity contribution in [3.63, 3.8) is 0 Å². The predicted octanol–water partition coefficient (Wildman–Crippen LogP) is 1.55. The zero-order valence-electron chi connectivity index (χ0n) is 10.5. The Morgan fingerprint density at radius 2 is 2.37 bits per heavy atom. The average molecular weight is 281 g/mol. The number of hydrogen-bond donors (Lipinski definition) is 2. The molecule has 1 saturated heterocycles. The van der Waals surface area contributed by atoms with Gasteiger partial charge >= 0.3 is 0 Å². The zero-order chi connectivity index (χ0) is 13.8. The third-order valence-corrected chi connectivity index (χ3v) is 3.91. The Labute approximate surface area is 115 Å². The molecule has 1 unspecified atom stereocenters. The van der Waals surface area contributed by atoms with Gasteiger partial charge in [0.05, 0.1) is 11.0 Å². The van der Waals surface area contributed by atoms with Gasteiger partial charge in [-0.3, -0.25) is 14.9 Å². The fraction of sp³-hybridized carbons (Fsp3) is 0.417. The minimum atomic E-state index is -0.480. The van der Waals surface area contributed by atoms with Crippen LogP contribution in [0.3, 0.4) is 0 Å². The summed E-state index contributed by atoms with van der Waals surface area (Å²) in [5, 5.41) is 16.7. The summed E-state index contributed by atoms with van der Waals surface area (Å²) in [6.07, 6.45) is 0. The summed E-state index contributed by atoms with van der Waals surface area (Å²) in [6, 6.07) is 4.48. The van der Waals surface area contributed by atoms with Crippen LogP contribution in [-0.4, -0.2) is 34.9 Å². The molecule has 0 saturated carbocycles. The third-order valence-electron chi connectivity index (χ3n) is 2.85. The highest BCUT2D eigenvalue weighted by atomic mass is 32.2. The predicted molar refractivity (Wildman–Crippen MR) is 75.6 cm³/mol. The van der Waals surface area contributed by atoms with Crippen molar-refractivity contribution < 1.29 is 9.72 Å². The van der Waals surface area contributed by atoms with E-state index in [4.69, 9.17) is 0 Å². The highest BCUT2D eigenvalue weighted by molar-refractivity contribution is 7.99. The Morgan fingerprint density at radius 3 is 3.00 bits per heavy atom. The van der Waals surface area contributed by atoms with E-state index >= 15 is 0 Å². The van der Waals surface area contributed by atoms with Gasteiger partial charge in [0, 0.05) is 24.1 Å². The maximum Gasteiger partial charge on any atom is 0.293 e. The third kappa shape index (κ3) is 3.45. The van der Waals surface area contributed by atoms with Crippen molar-refractivity contribution in [3.8, 4) is 0 Å². The Balaban J connectivity index is 2.13. The Bertz CT molecular complexity index is 501. The van der Waals surface area contributed by atoms with Gasteiger partial charge < -0.3 is 10.6 Å². The highest BCUT2D eigenvalue weighted by Crippen LogP contribution is 2.25. The first-order valence-corrected chi connectivity index (χ1v) is 7.10. The SMILES string of the molecule is Cc1ccc(NC(=O)C2CSCCN2)c([N+](=O)[O-])c1. The Kier molecular flexibility index (Phi) is 4.39. The van der Waals surface area contributed by atoms with E-state index in [-0.39, 0.29) is 23.3 Å². The van der Waals surface area contributed by atoms with Crippen molar-refractivity contribution >= 4 is 29.0 Å². The summed E-state index contributed by atoms with van der Waals surface area (Å²) in [5.74, 6) is 1.44. The van der Waals surface area contributed by atoms with Crippen LogP contribution in [-0.2, 0) is 4.79 Å². The van der Waals surface area contributed by atoms with E-state index in [1.54, 1.807) is 30.8 Å². The largest absolute Gasteiger partial charge is 0.319 e. The van der Waals surface area contributed by atoms with E-state index in [0.717, 1.165) is 17.9 Å². The molecule has 102 valence electrons. The van der Waals surface area contributed by atoms with Gasteiger partial charge in [0.2, 0.25) is 5.91 Å². The quantitative estimate of drug-likeness (QED) is 0.648. The lowest BCUT2D eigenvalue weighted by atomic mass is 10.2. The van der Waals surface area contributed by atoms with Crippen LogP contribution >= 0.6 is 11.8 Å². The van der Waals surface area contributed by atoms with Crippen LogP contribution in [0.2, 0.25) is 0 Å². The molecule has 7 heteroatoms. The number of nitro groups is 1. The van der Waals surface area contributed by atoms with Crippen molar-refractivity contribution in [1.29, 1.82) is 0 Å². The van der Waals surface area contributed by atoms with Crippen LogP contribution in [0.25, 0.3) is 0 Å². The first-order chi connectivity index (χ1) is 9.08. The van der Waals surface area contributed by atoms with Crippen molar-refractivity contribution in [2.24, 2.45) is 0 Å². The zero-order valence-corrected chi connectivity index (χ0v) is 11.3. The van der Waals surface area contributed by atoms with Gasteiger partial charge in [0.25, 0.3) is 5.69 Å². The molecule has 0 aromatic heterocycles. The van der Waals surface area contributed by atoms with Crippen LogP contribution < -0.4 is 10.6 Å². The number of amides is 1. The van der Waals surface area contributed by atoms with Crippen LogP contribution in [0.5, 0.6) is 0 Å². The van der Waals surface area contributed by atoms with Crippen molar-refractivity contribution in [3.05, 3.63) is 33.9 Å². The number of anilines is 1. The molecule has 2 rings (SSSR count). The Morgan fingerprint density at radius 1 is 1.58 bits per heavy atom. The first-order valence-electron chi connectivity index (χ1n) is 5.95. The molecule has 1 aromatic rings. The van der Waals surface area contributed by atoms with Crippen molar-refractivity contribution in [2.45, 2.75) is 13.0 Å². The summed E-state index contributed by atoms with van der Waals surface area (Å²) in [6.45, 7) is 2.55. The van der Waals surface area contributed by atoms with Gasteiger partial charge in [-0.2, -0.15) is 11.8 Å². The number of benzene rings is 1. The second kappa shape index (κ2) is 6.03. The standard InChI is InChI=1S/C12H15N3O3S/c1-8-2-3-9(11(6-8)15(17)18)14-12(16)10-7-19-5-4-13-10/h2-3,6,10,13H,4-5,7H2,1H3,(H,14,16). The van der Waals surface area contributed by atoms with Crippen molar-refractivity contribution in [1.82, 2.24) is 5.32 Å². The topological polar surface area (TPSA) is 84.3 Å². The number of rotatable bonds is 3. The first kappa shape index (κ1) is 13.8. The molecule has 19 heavy (non-hydrogen) atoms. The van der Waals surface area contributed by atoms with Gasteiger partial charge in [-0.25, -0.2) is 0 Å². The lowest BCUT2D eigenvalue weighted by molar-refractivity contribution is -0.384. The molecular formula is C12H15N3O3S. The molecule has 1 atom stereocenters. The molecule has 1 fully saturated rings. The van der Waals surface area contributed by atoms with Gasteiger partial charge in [-0.15, -0.1) is 0 Å². The minimum absolute atomic E-state index is 0.0724. The Hall–Kier alpha value is -1.60. The van der Waals surface area contributed by atoms with Crippen molar-refractivity contribution in [2.75, 3.05) is 23.4 Å². The highest BCUT2D eigenvalue weighted by Gasteiger charge is 2.23. The lowest BCUT2D eigenvalue weighted by Crippen LogP contribution is -2.46. The maximum atomic E-state index is 12.0. The monoisotopic (exact) mass is 281 g/mol. The van der Waals surface area contributed by atoms with Gasteiger partial charge in [0.1, 0.15) is 5.69 Å². The van der Waals surface area contributed by atoms with Gasteiger partial charge in [-0.1, -0.05) is 6.07 Å². The molecule has 0 radical (unpaired) electrons. The fourth-order valence-electron chi connectivity index (χ4n) is 1.85. The molecule has 0 spiro atoms. The minimum Gasteiger partial charge on any atom is -0.319 e. The normalized spacial score (nSPS) is 18.9. The van der Waals surface area contributed by atoms with Crippen LogP contribution in [0.1, 0.15) is 5.56 Å². The van der Waals surface area contributed by atoms with Crippen LogP contribution in [0.4, 0.5) is 11.4 Å². The van der Waals surface area contributed by atoms with E-state index in [0.29, 0.717) is 5.75 Å². The summed E-state index contributed by atoms with van der Waals surface area (Å²) in [5.41, 5.74) is 0.964. The number of nitrogens with one attached hydrogen (secondary N) is 2. The van der Waals surface area contributed by atoms with E-state index < -0.39 is 4.92 Å². The number of carbonyl (C=O) groups excluding carboxylic acids is 1. The molecule has 6 nitrogen and oxygen atoms in total. The number of aryl methyl sites for hydroxylation is 1. The molecule has 2 N–H and O–H groups in total. The van der Waals surface area contributed by atoms with E-state index in [1.165, 1.54) is 6.07 Å². The molecule has 1 aliphatic rings.